The van der Waals surface area contributed by atoms with Gasteiger partial charge in [-0.1, -0.05) is 44.6 Å². The molecule has 0 atom stereocenters. The fraction of sp³-hybridized carbons (Fsp3) is 0.500. The molecule has 0 bridgehead atoms. The zero-order valence-corrected chi connectivity index (χ0v) is 12.1. The summed E-state index contributed by atoms with van der Waals surface area (Å²) in [5, 5.41) is 17.6. The van der Waals surface area contributed by atoms with E-state index in [4.69, 9.17) is 10.2 Å². The van der Waals surface area contributed by atoms with Crippen LogP contribution in [-0.4, -0.2) is 22.2 Å². The van der Waals surface area contributed by atoms with Gasteiger partial charge in [0.05, 0.1) is 11.1 Å². The molecule has 1 aliphatic carbocycles. The van der Waals surface area contributed by atoms with Crippen molar-refractivity contribution >= 4 is 11.9 Å². The summed E-state index contributed by atoms with van der Waals surface area (Å²) in [6.45, 7) is 3.14. The number of hydrogen-bond acceptors (Lipinski definition) is 2. The van der Waals surface area contributed by atoms with Gasteiger partial charge in [0.1, 0.15) is 0 Å². The van der Waals surface area contributed by atoms with Crippen LogP contribution in [0.2, 0.25) is 0 Å². The van der Waals surface area contributed by atoms with E-state index < -0.39 is 11.9 Å². The number of benzene rings is 1. The first-order valence-corrected chi connectivity index (χ1v) is 7.02. The molecule has 1 aliphatic rings. The molecule has 0 aliphatic heterocycles. The lowest BCUT2D eigenvalue weighted by Crippen LogP contribution is -2.08. The number of carboxylic acid groups (broad SMARTS) is 2. The number of carbonyl (C=O) groups is 2. The van der Waals surface area contributed by atoms with Gasteiger partial charge in [0.15, 0.2) is 0 Å². The predicted molar refractivity (Wildman–Crippen MR) is 77.5 cm³/mol. The summed E-state index contributed by atoms with van der Waals surface area (Å²) in [7, 11) is 0. The predicted octanol–water partition coefficient (Wildman–Crippen LogP) is 4.04. The van der Waals surface area contributed by atoms with Gasteiger partial charge in [-0.05, 0) is 31.0 Å². The van der Waals surface area contributed by atoms with E-state index in [0.717, 1.165) is 0 Å². The highest BCUT2D eigenvalue weighted by Crippen LogP contribution is 2.18. The number of aryl methyl sites for hydroxylation is 1. The quantitative estimate of drug-likeness (QED) is 0.856. The molecule has 1 fully saturated rings. The molecule has 0 heterocycles. The van der Waals surface area contributed by atoms with Crippen molar-refractivity contribution in [2.24, 2.45) is 0 Å². The van der Waals surface area contributed by atoms with Crippen molar-refractivity contribution in [1.29, 1.82) is 0 Å². The molecule has 0 saturated heterocycles. The van der Waals surface area contributed by atoms with E-state index in [0.29, 0.717) is 11.1 Å². The van der Waals surface area contributed by atoms with E-state index in [9.17, 15) is 9.59 Å². The lowest BCUT2D eigenvalue weighted by molar-refractivity contribution is 0.0695. The summed E-state index contributed by atoms with van der Waals surface area (Å²) in [6, 6.07) is 2.92. The van der Waals surface area contributed by atoms with Crippen LogP contribution in [0.4, 0.5) is 0 Å². The minimum atomic E-state index is -1.11. The third-order valence-corrected chi connectivity index (χ3v) is 3.62. The van der Waals surface area contributed by atoms with Crippen LogP contribution >= 0.6 is 0 Å². The average Bonchev–Trinajstić information content (AvgIpc) is 2.40. The fourth-order valence-electron chi connectivity index (χ4n) is 2.47. The Morgan fingerprint density at radius 2 is 1.30 bits per heavy atom. The molecule has 20 heavy (non-hydrogen) atoms. The highest BCUT2D eigenvalue weighted by atomic mass is 16.4. The van der Waals surface area contributed by atoms with Crippen LogP contribution in [0.25, 0.3) is 0 Å². The van der Waals surface area contributed by atoms with Crippen LogP contribution < -0.4 is 0 Å². The molecular weight excluding hydrogens is 256 g/mol. The Morgan fingerprint density at radius 1 is 0.850 bits per heavy atom. The van der Waals surface area contributed by atoms with Gasteiger partial charge in [0.2, 0.25) is 0 Å². The van der Waals surface area contributed by atoms with E-state index in [2.05, 4.69) is 0 Å². The van der Waals surface area contributed by atoms with Gasteiger partial charge in [-0.3, -0.25) is 0 Å². The van der Waals surface area contributed by atoms with Gasteiger partial charge >= 0.3 is 11.9 Å². The second kappa shape index (κ2) is 7.68. The number of rotatable bonds is 2. The highest BCUT2D eigenvalue weighted by Gasteiger charge is 2.16. The molecule has 1 aromatic carbocycles. The molecule has 1 aromatic rings. The molecule has 110 valence electrons. The molecule has 4 nitrogen and oxygen atoms in total. The van der Waals surface area contributed by atoms with Gasteiger partial charge in [-0.2, -0.15) is 0 Å². The van der Waals surface area contributed by atoms with Crippen LogP contribution in [0.1, 0.15) is 70.4 Å². The Kier molecular flexibility index (Phi) is 6.22. The number of carboxylic acids is 2. The standard InChI is InChI=1S/C10H10O4.C6H12/c1-5-3-4-7(9(11)12)6(2)8(5)10(13)14;1-2-4-6-5-3-1/h3-4H,1-2H3,(H,11,12)(H,13,14);1-6H2. The first-order chi connectivity index (χ1) is 9.45. The first kappa shape index (κ1) is 16.2. The van der Waals surface area contributed by atoms with E-state index >= 15 is 0 Å². The lowest BCUT2D eigenvalue weighted by atomic mass is 9.98. The molecular formula is C16H22O4. The van der Waals surface area contributed by atoms with Crippen molar-refractivity contribution in [2.75, 3.05) is 0 Å². The maximum atomic E-state index is 10.8. The molecule has 4 heteroatoms. The topological polar surface area (TPSA) is 74.6 Å². The zero-order chi connectivity index (χ0) is 15.1. The Balaban J connectivity index is 0.000000276. The largest absolute Gasteiger partial charge is 0.478 e. The fourth-order valence-corrected chi connectivity index (χ4v) is 2.47. The number of hydrogen-bond donors (Lipinski definition) is 2. The minimum absolute atomic E-state index is 0.0352. The van der Waals surface area contributed by atoms with Crippen molar-refractivity contribution in [3.63, 3.8) is 0 Å². The minimum Gasteiger partial charge on any atom is -0.478 e. The van der Waals surface area contributed by atoms with Gasteiger partial charge in [0, 0.05) is 0 Å². The average molecular weight is 278 g/mol. The summed E-state index contributed by atoms with van der Waals surface area (Å²) in [6.07, 6.45) is 9.00. The van der Waals surface area contributed by atoms with Crippen LogP contribution in [0, 0.1) is 13.8 Å². The van der Waals surface area contributed by atoms with E-state index in [1.54, 1.807) is 6.92 Å². The third kappa shape index (κ3) is 4.37. The SMILES string of the molecule is C1CCCCC1.Cc1ccc(C(=O)O)c(C)c1C(=O)O. The number of aromatic carboxylic acids is 2. The molecule has 0 unspecified atom stereocenters. The molecule has 0 spiro atoms. The van der Waals surface area contributed by atoms with E-state index in [1.807, 2.05) is 0 Å². The second-order valence-corrected chi connectivity index (χ2v) is 5.16. The van der Waals surface area contributed by atoms with Gasteiger partial charge in [-0.15, -0.1) is 0 Å². The summed E-state index contributed by atoms with van der Waals surface area (Å²) < 4.78 is 0. The Bertz CT molecular complexity index is 476. The second-order valence-electron chi connectivity index (χ2n) is 5.16. The lowest BCUT2D eigenvalue weighted by Gasteiger charge is -2.07. The van der Waals surface area contributed by atoms with Crippen LogP contribution in [0.3, 0.4) is 0 Å². The molecule has 1 saturated carbocycles. The highest BCUT2D eigenvalue weighted by molar-refractivity contribution is 5.97. The van der Waals surface area contributed by atoms with Crippen LogP contribution in [0.5, 0.6) is 0 Å². The van der Waals surface area contributed by atoms with E-state index in [-0.39, 0.29) is 11.1 Å². The Labute approximate surface area is 119 Å². The third-order valence-electron chi connectivity index (χ3n) is 3.62. The zero-order valence-electron chi connectivity index (χ0n) is 12.1. The van der Waals surface area contributed by atoms with E-state index in [1.165, 1.54) is 57.6 Å². The molecule has 0 aromatic heterocycles. The first-order valence-electron chi connectivity index (χ1n) is 7.02. The summed E-state index contributed by atoms with van der Waals surface area (Å²) in [5.41, 5.74) is 0.975. The van der Waals surface area contributed by atoms with Gasteiger partial charge in [0.25, 0.3) is 0 Å². The van der Waals surface area contributed by atoms with Crippen LogP contribution in [0.15, 0.2) is 12.1 Å². The Hall–Kier alpha value is -1.84. The molecule has 2 rings (SSSR count). The summed E-state index contributed by atoms with van der Waals surface area (Å²) >= 11 is 0. The van der Waals surface area contributed by atoms with Crippen LogP contribution in [-0.2, 0) is 0 Å². The molecule has 0 radical (unpaired) electrons. The normalized spacial score (nSPS) is 14.1. The maximum Gasteiger partial charge on any atom is 0.336 e. The van der Waals surface area contributed by atoms with Crippen molar-refractivity contribution in [3.05, 3.63) is 34.4 Å². The van der Waals surface area contributed by atoms with Crippen molar-refractivity contribution in [2.45, 2.75) is 52.4 Å². The van der Waals surface area contributed by atoms with Gasteiger partial charge in [-0.25, -0.2) is 9.59 Å². The smallest absolute Gasteiger partial charge is 0.336 e. The van der Waals surface area contributed by atoms with Crippen molar-refractivity contribution < 1.29 is 19.8 Å². The molecule has 2 N–H and O–H groups in total. The van der Waals surface area contributed by atoms with Crippen molar-refractivity contribution in [1.82, 2.24) is 0 Å². The monoisotopic (exact) mass is 278 g/mol. The Morgan fingerprint density at radius 3 is 1.65 bits per heavy atom. The maximum absolute atomic E-state index is 10.8. The van der Waals surface area contributed by atoms with Gasteiger partial charge < -0.3 is 10.2 Å². The van der Waals surface area contributed by atoms with Crippen molar-refractivity contribution in [3.8, 4) is 0 Å². The summed E-state index contributed by atoms with van der Waals surface area (Å²) in [4.78, 5) is 21.5. The summed E-state index contributed by atoms with van der Waals surface area (Å²) in [5.74, 6) is -2.20. The molecule has 0 amide bonds.